The first kappa shape index (κ1) is 16.6. The molecule has 0 aliphatic heterocycles. The fraction of sp³-hybridized carbons (Fsp3) is 0.0556. The van der Waals surface area contributed by atoms with E-state index in [1.165, 1.54) is 30.6 Å². The number of benzene rings is 1. The van der Waals surface area contributed by atoms with E-state index >= 15 is 0 Å². The molecule has 0 aliphatic carbocycles. The lowest BCUT2D eigenvalue weighted by atomic mass is 10.1. The smallest absolute Gasteiger partial charge is 0.295 e. The molecule has 4 aromatic rings. The van der Waals surface area contributed by atoms with Crippen molar-refractivity contribution in [1.82, 2.24) is 19.5 Å². The van der Waals surface area contributed by atoms with Crippen LogP contribution in [-0.4, -0.2) is 24.4 Å². The first-order chi connectivity index (χ1) is 13.0. The number of fused-ring (bicyclic) bond motifs is 1. The molecule has 0 saturated heterocycles. The first-order valence-corrected chi connectivity index (χ1v) is 7.97. The van der Waals surface area contributed by atoms with Crippen LogP contribution in [0.3, 0.4) is 0 Å². The average molecular weight is 364 g/mol. The van der Waals surface area contributed by atoms with E-state index in [0.29, 0.717) is 16.9 Å². The fourth-order valence-electron chi connectivity index (χ4n) is 2.78. The molecule has 4 rings (SSSR count). The molecule has 3 heterocycles. The SMILES string of the molecule is Cn1ccc2c(-c3ccc(F)cc3)nc(Nc3cnccc3[N+](=O)[O-])nc21. The van der Waals surface area contributed by atoms with Crippen molar-refractivity contribution in [3.8, 4) is 11.3 Å². The normalized spacial score (nSPS) is 10.9. The molecule has 0 bridgehead atoms. The summed E-state index contributed by atoms with van der Waals surface area (Å²) < 4.78 is 15.1. The van der Waals surface area contributed by atoms with Crippen LogP contribution in [0.2, 0.25) is 0 Å². The van der Waals surface area contributed by atoms with Crippen molar-refractivity contribution < 1.29 is 9.31 Å². The van der Waals surface area contributed by atoms with Gasteiger partial charge in [-0.15, -0.1) is 0 Å². The summed E-state index contributed by atoms with van der Waals surface area (Å²) in [6.45, 7) is 0. The molecule has 3 aromatic heterocycles. The summed E-state index contributed by atoms with van der Waals surface area (Å²) in [6.07, 6.45) is 4.52. The van der Waals surface area contributed by atoms with Crippen LogP contribution in [0, 0.1) is 15.9 Å². The minimum absolute atomic E-state index is 0.135. The van der Waals surface area contributed by atoms with Crippen LogP contribution in [0.25, 0.3) is 22.3 Å². The van der Waals surface area contributed by atoms with Gasteiger partial charge in [0.05, 0.1) is 16.8 Å². The fourth-order valence-corrected chi connectivity index (χ4v) is 2.78. The third kappa shape index (κ3) is 3.06. The number of halogens is 1. The van der Waals surface area contributed by atoms with Crippen molar-refractivity contribution >= 4 is 28.4 Å². The average Bonchev–Trinajstić information content (AvgIpc) is 3.03. The molecule has 134 valence electrons. The topological polar surface area (TPSA) is 98.8 Å². The second-order valence-corrected chi connectivity index (χ2v) is 5.84. The van der Waals surface area contributed by atoms with Gasteiger partial charge in [-0.25, -0.2) is 9.37 Å². The Labute approximate surface area is 152 Å². The zero-order valence-electron chi connectivity index (χ0n) is 14.1. The van der Waals surface area contributed by atoms with Crippen molar-refractivity contribution in [3.05, 3.63) is 70.9 Å². The van der Waals surface area contributed by atoms with Crippen LogP contribution in [-0.2, 0) is 7.05 Å². The maximum absolute atomic E-state index is 13.3. The lowest BCUT2D eigenvalue weighted by molar-refractivity contribution is -0.384. The van der Waals surface area contributed by atoms with Crippen molar-refractivity contribution in [1.29, 1.82) is 0 Å². The van der Waals surface area contributed by atoms with E-state index in [2.05, 4.69) is 20.3 Å². The highest BCUT2D eigenvalue weighted by atomic mass is 19.1. The summed E-state index contributed by atoms with van der Waals surface area (Å²) in [7, 11) is 1.83. The largest absolute Gasteiger partial charge is 0.335 e. The summed E-state index contributed by atoms with van der Waals surface area (Å²) in [5.74, 6) is -0.166. The molecule has 0 fully saturated rings. The number of nitrogens with one attached hydrogen (secondary N) is 1. The standard InChI is InChI=1S/C18H13FN6O2/c1-24-9-7-13-16(11-2-4-12(19)5-3-11)22-18(23-17(13)24)21-14-10-20-8-6-15(14)25(26)27/h2-10H,1H3,(H,21,22,23). The molecular formula is C18H13FN6O2. The number of nitro groups is 1. The third-order valence-electron chi connectivity index (χ3n) is 4.08. The van der Waals surface area contributed by atoms with E-state index in [4.69, 9.17) is 0 Å². The minimum Gasteiger partial charge on any atom is -0.335 e. The molecule has 0 aliphatic rings. The number of anilines is 2. The first-order valence-electron chi connectivity index (χ1n) is 7.97. The van der Waals surface area contributed by atoms with Gasteiger partial charge < -0.3 is 9.88 Å². The van der Waals surface area contributed by atoms with Gasteiger partial charge in [0.15, 0.2) is 0 Å². The molecule has 0 radical (unpaired) electrons. The number of rotatable bonds is 4. The van der Waals surface area contributed by atoms with Crippen LogP contribution in [0.15, 0.2) is 55.0 Å². The van der Waals surface area contributed by atoms with E-state index < -0.39 is 4.92 Å². The Morgan fingerprint density at radius 3 is 2.67 bits per heavy atom. The van der Waals surface area contributed by atoms with Gasteiger partial charge in [-0.3, -0.25) is 15.1 Å². The Morgan fingerprint density at radius 1 is 1.15 bits per heavy atom. The predicted molar refractivity (Wildman–Crippen MR) is 98.1 cm³/mol. The Kier molecular flexibility index (Phi) is 3.96. The third-order valence-corrected chi connectivity index (χ3v) is 4.08. The molecule has 8 nitrogen and oxygen atoms in total. The lowest BCUT2D eigenvalue weighted by Crippen LogP contribution is -2.03. The quantitative estimate of drug-likeness (QED) is 0.436. The van der Waals surface area contributed by atoms with Crippen molar-refractivity contribution in [2.45, 2.75) is 0 Å². The molecule has 0 spiro atoms. The van der Waals surface area contributed by atoms with E-state index in [-0.39, 0.29) is 23.1 Å². The molecule has 1 aromatic carbocycles. The summed E-state index contributed by atoms with van der Waals surface area (Å²) >= 11 is 0. The number of nitrogens with zero attached hydrogens (tertiary/aromatic N) is 5. The second-order valence-electron chi connectivity index (χ2n) is 5.84. The van der Waals surface area contributed by atoms with Crippen LogP contribution in [0.4, 0.5) is 21.7 Å². The highest BCUT2D eigenvalue weighted by Crippen LogP contribution is 2.30. The molecule has 0 atom stereocenters. The number of hydrogen-bond acceptors (Lipinski definition) is 6. The van der Waals surface area contributed by atoms with Crippen LogP contribution in [0.1, 0.15) is 0 Å². The van der Waals surface area contributed by atoms with E-state index in [0.717, 1.165) is 5.39 Å². The highest BCUT2D eigenvalue weighted by molar-refractivity contribution is 5.92. The van der Waals surface area contributed by atoms with Gasteiger partial charge in [0.2, 0.25) is 5.95 Å². The predicted octanol–water partition coefficient (Wildman–Crippen LogP) is 3.82. The van der Waals surface area contributed by atoms with E-state index in [1.807, 2.05) is 23.9 Å². The van der Waals surface area contributed by atoms with Gasteiger partial charge in [0, 0.05) is 36.5 Å². The number of aromatic nitrogens is 4. The maximum atomic E-state index is 13.3. The Morgan fingerprint density at radius 2 is 1.93 bits per heavy atom. The molecule has 9 heteroatoms. The molecule has 1 N–H and O–H groups in total. The number of hydrogen-bond donors (Lipinski definition) is 1. The van der Waals surface area contributed by atoms with Gasteiger partial charge in [-0.05, 0) is 30.3 Å². The molecule has 0 saturated carbocycles. The van der Waals surface area contributed by atoms with Gasteiger partial charge in [0.1, 0.15) is 17.2 Å². The Balaban J connectivity index is 1.86. The Bertz CT molecular complexity index is 1160. The minimum atomic E-state index is -0.508. The van der Waals surface area contributed by atoms with Gasteiger partial charge in [-0.2, -0.15) is 4.98 Å². The summed E-state index contributed by atoms with van der Waals surface area (Å²) in [6, 6.07) is 9.12. The molecule has 0 unspecified atom stereocenters. The summed E-state index contributed by atoms with van der Waals surface area (Å²) in [5, 5.41) is 14.9. The van der Waals surface area contributed by atoms with Crippen molar-refractivity contribution in [2.24, 2.45) is 7.05 Å². The van der Waals surface area contributed by atoms with Crippen molar-refractivity contribution in [3.63, 3.8) is 0 Å². The van der Waals surface area contributed by atoms with Crippen molar-refractivity contribution in [2.75, 3.05) is 5.32 Å². The molecule has 0 amide bonds. The lowest BCUT2D eigenvalue weighted by Gasteiger charge is -2.09. The maximum Gasteiger partial charge on any atom is 0.295 e. The van der Waals surface area contributed by atoms with Crippen LogP contribution < -0.4 is 5.32 Å². The van der Waals surface area contributed by atoms with Crippen LogP contribution >= 0.6 is 0 Å². The second kappa shape index (κ2) is 6.45. The van der Waals surface area contributed by atoms with Gasteiger partial charge in [-0.1, -0.05) is 0 Å². The van der Waals surface area contributed by atoms with E-state index in [9.17, 15) is 14.5 Å². The highest BCUT2D eigenvalue weighted by Gasteiger charge is 2.17. The zero-order chi connectivity index (χ0) is 19.0. The molecular weight excluding hydrogens is 351 g/mol. The zero-order valence-corrected chi connectivity index (χ0v) is 14.1. The van der Waals surface area contributed by atoms with E-state index in [1.54, 1.807) is 12.1 Å². The number of pyridine rings is 1. The summed E-state index contributed by atoms with van der Waals surface area (Å²) in [5.41, 5.74) is 1.98. The number of aryl methyl sites for hydroxylation is 1. The van der Waals surface area contributed by atoms with Gasteiger partial charge in [0.25, 0.3) is 5.69 Å². The summed E-state index contributed by atoms with van der Waals surface area (Å²) in [4.78, 5) is 23.6. The van der Waals surface area contributed by atoms with Gasteiger partial charge >= 0.3 is 0 Å². The Hall–Kier alpha value is -3.88. The monoisotopic (exact) mass is 364 g/mol. The van der Waals surface area contributed by atoms with Crippen LogP contribution in [0.5, 0.6) is 0 Å². The molecule has 27 heavy (non-hydrogen) atoms.